The molecule has 0 radical (unpaired) electrons. The van der Waals surface area contributed by atoms with Crippen LogP contribution in [0.3, 0.4) is 0 Å². The molecule has 4 heteroatoms. The van der Waals surface area contributed by atoms with Gasteiger partial charge in [-0.1, -0.05) is 0 Å². The van der Waals surface area contributed by atoms with Crippen molar-refractivity contribution in [3.8, 4) is 0 Å². The van der Waals surface area contributed by atoms with E-state index >= 15 is 0 Å². The van der Waals surface area contributed by atoms with Gasteiger partial charge in [0.2, 0.25) is 0 Å². The van der Waals surface area contributed by atoms with Gasteiger partial charge >= 0.3 is 0 Å². The average molecular weight is 201 g/mol. The lowest BCUT2D eigenvalue weighted by molar-refractivity contribution is 0.0309. The minimum absolute atomic E-state index is 0.238. The smallest absolute Gasteiger partial charge is 0.191 e. The van der Waals surface area contributed by atoms with E-state index in [0.717, 1.165) is 13.1 Å². The number of hydrogen-bond donors (Lipinski definition) is 1. The molecule has 0 saturated heterocycles. The molecular weight excluding hydrogens is 178 g/mol. The second kappa shape index (κ2) is 5.86. The summed E-state index contributed by atoms with van der Waals surface area (Å²) in [7, 11) is 1.68. The van der Waals surface area contributed by atoms with Crippen molar-refractivity contribution in [3.05, 3.63) is 0 Å². The zero-order valence-electron chi connectivity index (χ0n) is 10.0. The summed E-state index contributed by atoms with van der Waals surface area (Å²) in [4.78, 5) is 6.32. The monoisotopic (exact) mass is 201 g/mol. The molecule has 0 aromatic heterocycles. The molecule has 0 aliphatic rings. The molecule has 2 N–H and O–H groups in total. The maximum atomic E-state index is 5.82. The zero-order chi connectivity index (χ0) is 11.2. The molecular formula is C10H23N3O. The Labute approximate surface area is 87.1 Å². The molecule has 4 nitrogen and oxygen atoms in total. The van der Waals surface area contributed by atoms with E-state index in [9.17, 15) is 0 Å². The van der Waals surface area contributed by atoms with Crippen LogP contribution in [0.5, 0.6) is 0 Å². The van der Waals surface area contributed by atoms with E-state index in [4.69, 9.17) is 10.5 Å². The molecule has 0 aliphatic carbocycles. The van der Waals surface area contributed by atoms with Gasteiger partial charge in [-0.05, 0) is 27.7 Å². The number of methoxy groups -OCH3 is 1. The van der Waals surface area contributed by atoms with Crippen LogP contribution in [-0.2, 0) is 4.74 Å². The van der Waals surface area contributed by atoms with Crippen molar-refractivity contribution in [3.63, 3.8) is 0 Å². The van der Waals surface area contributed by atoms with Gasteiger partial charge in [-0.2, -0.15) is 0 Å². The number of rotatable bonds is 5. The maximum absolute atomic E-state index is 5.82. The summed E-state index contributed by atoms with van der Waals surface area (Å²) in [5, 5.41) is 0. The summed E-state index contributed by atoms with van der Waals surface area (Å²) >= 11 is 0. The summed E-state index contributed by atoms with van der Waals surface area (Å²) in [6.45, 7) is 10.5. The van der Waals surface area contributed by atoms with Crippen molar-refractivity contribution >= 4 is 5.96 Å². The van der Waals surface area contributed by atoms with Gasteiger partial charge < -0.3 is 15.4 Å². The molecule has 0 aromatic rings. The van der Waals surface area contributed by atoms with Crippen LogP contribution in [0.15, 0.2) is 4.99 Å². The summed E-state index contributed by atoms with van der Waals surface area (Å²) in [5.41, 5.74) is 5.58. The number of hydrogen-bond acceptors (Lipinski definition) is 2. The van der Waals surface area contributed by atoms with Gasteiger partial charge in [0.05, 0.1) is 12.1 Å². The van der Waals surface area contributed by atoms with Crippen LogP contribution in [0, 0.1) is 0 Å². The highest BCUT2D eigenvalue weighted by Gasteiger charge is 2.15. The Kier molecular flexibility index (Phi) is 5.53. The van der Waals surface area contributed by atoms with Gasteiger partial charge in [-0.25, -0.2) is 0 Å². The highest BCUT2D eigenvalue weighted by molar-refractivity contribution is 5.78. The molecule has 0 rings (SSSR count). The molecule has 0 heterocycles. The van der Waals surface area contributed by atoms with E-state index in [1.807, 2.05) is 18.7 Å². The second-order valence-corrected chi connectivity index (χ2v) is 3.81. The number of nitrogens with zero attached hydrogens (tertiary/aromatic N) is 2. The number of nitrogens with two attached hydrogens (primary N) is 1. The molecule has 0 saturated carbocycles. The van der Waals surface area contributed by atoms with Crippen LogP contribution in [0.1, 0.15) is 27.7 Å². The third-order valence-corrected chi connectivity index (χ3v) is 2.26. The molecule has 14 heavy (non-hydrogen) atoms. The van der Waals surface area contributed by atoms with E-state index in [0.29, 0.717) is 12.5 Å². The Morgan fingerprint density at radius 3 is 2.21 bits per heavy atom. The van der Waals surface area contributed by atoms with Crippen LogP contribution in [-0.4, -0.2) is 43.2 Å². The topological polar surface area (TPSA) is 50.8 Å². The van der Waals surface area contributed by atoms with Crippen LogP contribution in [0.2, 0.25) is 0 Å². The first kappa shape index (κ1) is 13.2. The lowest BCUT2D eigenvalue weighted by Crippen LogP contribution is -2.38. The second-order valence-electron chi connectivity index (χ2n) is 3.81. The van der Waals surface area contributed by atoms with Gasteiger partial charge in [0.15, 0.2) is 5.96 Å². The standard InChI is InChI=1S/C10H23N3O/c1-6-13(7-2)9(11)12-8-10(3,4)14-5/h6-8H2,1-5H3,(H2,11,12). The van der Waals surface area contributed by atoms with Crippen molar-refractivity contribution in [2.24, 2.45) is 10.7 Å². The molecule has 84 valence electrons. The Bertz CT molecular complexity index is 186. The van der Waals surface area contributed by atoms with Crippen LogP contribution in [0.25, 0.3) is 0 Å². The maximum Gasteiger partial charge on any atom is 0.191 e. The quantitative estimate of drug-likeness (QED) is 0.534. The minimum atomic E-state index is -0.238. The average Bonchev–Trinajstić information content (AvgIpc) is 2.17. The fourth-order valence-corrected chi connectivity index (χ4v) is 0.984. The van der Waals surface area contributed by atoms with Crippen molar-refractivity contribution in [1.29, 1.82) is 0 Å². The molecule has 0 amide bonds. The molecule has 0 aromatic carbocycles. The first-order valence-corrected chi connectivity index (χ1v) is 5.06. The normalized spacial score (nSPS) is 13.1. The van der Waals surface area contributed by atoms with E-state index in [-0.39, 0.29) is 5.60 Å². The number of guanidine groups is 1. The molecule has 0 aliphatic heterocycles. The predicted molar refractivity (Wildman–Crippen MR) is 60.5 cm³/mol. The molecule has 0 unspecified atom stereocenters. The van der Waals surface area contributed by atoms with E-state index in [1.165, 1.54) is 0 Å². The Balaban J connectivity index is 4.23. The Morgan fingerprint density at radius 2 is 1.86 bits per heavy atom. The number of aliphatic imine (C=N–C) groups is 1. The first-order valence-electron chi connectivity index (χ1n) is 5.06. The van der Waals surface area contributed by atoms with Crippen molar-refractivity contribution < 1.29 is 4.74 Å². The first-order chi connectivity index (χ1) is 6.46. The lowest BCUT2D eigenvalue weighted by Gasteiger charge is -2.23. The van der Waals surface area contributed by atoms with Crippen molar-refractivity contribution in [2.45, 2.75) is 33.3 Å². The summed E-state index contributed by atoms with van der Waals surface area (Å²) in [5.74, 6) is 0.597. The van der Waals surface area contributed by atoms with Crippen LogP contribution in [0.4, 0.5) is 0 Å². The van der Waals surface area contributed by atoms with E-state index < -0.39 is 0 Å². The fraction of sp³-hybridized carbons (Fsp3) is 0.900. The third-order valence-electron chi connectivity index (χ3n) is 2.26. The van der Waals surface area contributed by atoms with Gasteiger partial charge in [-0.3, -0.25) is 4.99 Å². The zero-order valence-corrected chi connectivity index (χ0v) is 10.0. The van der Waals surface area contributed by atoms with Crippen LogP contribution >= 0.6 is 0 Å². The van der Waals surface area contributed by atoms with Gasteiger partial charge in [0, 0.05) is 20.2 Å². The Hall–Kier alpha value is -0.770. The molecule has 0 atom stereocenters. The summed E-state index contributed by atoms with van der Waals surface area (Å²) in [6, 6.07) is 0. The van der Waals surface area contributed by atoms with Crippen molar-refractivity contribution in [1.82, 2.24) is 4.90 Å². The van der Waals surface area contributed by atoms with Crippen molar-refractivity contribution in [2.75, 3.05) is 26.7 Å². The third kappa shape index (κ3) is 4.46. The molecule has 0 bridgehead atoms. The highest BCUT2D eigenvalue weighted by atomic mass is 16.5. The number of ether oxygens (including phenoxy) is 1. The summed E-state index contributed by atoms with van der Waals surface area (Å²) < 4.78 is 5.25. The Morgan fingerprint density at radius 1 is 1.36 bits per heavy atom. The van der Waals surface area contributed by atoms with Gasteiger partial charge in [0.1, 0.15) is 0 Å². The molecule has 0 fully saturated rings. The summed E-state index contributed by atoms with van der Waals surface area (Å²) in [6.07, 6.45) is 0. The van der Waals surface area contributed by atoms with E-state index in [1.54, 1.807) is 7.11 Å². The van der Waals surface area contributed by atoms with E-state index in [2.05, 4.69) is 18.8 Å². The minimum Gasteiger partial charge on any atom is -0.377 e. The van der Waals surface area contributed by atoms with Crippen LogP contribution < -0.4 is 5.73 Å². The lowest BCUT2D eigenvalue weighted by atomic mass is 10.1. The van der Waals surface area contributed by atoms with Gasteiger partial charge in [-0.15, -0.1) is 0 Å². The fourth-order valence-electron chi connectivity index (χ4n) is 0.984. The molecule has 0 spiro atoms. The largest absolute Gasteiger partial charge is 0.377 e. The van der Waals surface area contributed by atoms with Gasteiger partial charge in [0.25, 0.3) is 0 Å². The SMILES string of the molecule is CCN(CC)C(N)=NCC(C)(C)OC. The highest BCUT2D eigenvalue weighted by Crippen LogP contribution is 2.07. The predicted octanol–water partition coefficient (Wildman–Crippen LogP) is 1.07.